The van der Waals surface area contributed by atoms with Gasteiger partial charge in [0.2, 0.25) is 0 Å². The van der Waals surface area contributed by atoms with E-state index in [0.29, 0.717) is 13.0 Å². The smallest absolute Gasteiger partial charge is 0.323 e. The first-order valence-electron chi connectivity index (χ1n) is 6.14. The van der Waals surface area contributed by atoms with Gasteiger partial charge in [-0.3, -0.25) is 9.59 Å². The molecular weight excluding hydrogens is 236 g/mol. The summed E-state index contributed by atoms with van der Waals surface area (Å²) in [5, 5.41) is 8.88. The van der Waals surface area contributed by atoms with E-state index in [1.165, 1.54) is 4.90 Å². The van der Waals surface area contributed by atoms with Crippen molar-refractivity contribution in [1.29, 1.82) is 0 Å². The summed E-state index contributed by atoms with van der Waals surface area (Å²) >= 11 is 0. The van der Waals surface area contributed by atoms with Crippen molar-refractivity contribution in [2.45, 2.75) is 51.4 Å². The highest BCUT2D eigenvalue weighted by molar-refractivity contribution is 5.85. The topological polar surface area (TPSA) is 92.9 Å². The number of amides is 1. The SMILES string of the molecule is CC(C)(C)N(CC(=O)O)C(=O)C1CCC(CN)O1. The number of nitrogens with two attached hydrogens (primary N) is 1. The van der Waals surface area contributed by atoms with Gasteiger partial charge in [0.25, 0.3) is 5.91 Å². The molecule has 0 aromatic rings. The summed E-state index contributed by atoms with van der Waals surface area (Å²) in [5.41, 5.74) is 4.95. The van der Waals surface area contributed by atoms with Crippen molar-refractivity contribution in [3.8, 4) is 0 Å². The van der Waals surface area contributed by atoms with E-state index in [1.54, 1.807) is 0 Å². The van der Waals surface area contributed by atoms with E-state index in [-0.39, 0.29) is 18.6 Å². The summed E-state index contributed by atoms with van der Waals surface area (Å²) in [6.07, 6.45) is 0.702. The fourth-order valence-corrected chi connectivity index (χ4v) is 2.02. The lowest BCUT2D eigenvalue weighted by Gasteiger charge is -2.36. The third-order valence-electron chi connectivity index (χ3n) is 3.02. The van der Waals surface area contributed by atoms with Crippen molar-refractivity contribution in [1.82, 2.24) is 4.90 Å². The number of nitrogens with zero attached hydrogens (tertiary/aromatic N) is 1. The van der Waals surface area contributed by atoms with Crippen molar-refractivity contribution in [2.75, 3.05) is 13.1 Å². The van der Waals surface area contributed by atoms with Crippen LogP contribution in [0.25, 0.3) is 0 Å². The Morgan fingerprint density at radius 1 is 1.39 bits per heavy atom. The number of hydrogen-bond donors (Lipinski definition) is 2. The number of carbonyl (C=O) groups excluding carboxylic acids is 1. The molecule has 0 aromatic carbocycles. The molecule has 0 bridgehead atoms. The first-order chi connectivity index (χ1) is 8.25. The van der Waals surface area contributed by atoms with Crippen LogP contribution in [0.3, 0.4) is 0 Å². The number of rotatable bonds is 4. The van der Waals surface area contributed by atoms with Gasteiger partial charge in [-0.25, -0.2) is 0 Å². The standard InChI is InChI=1S/C12H22N2O4/c1-12(2,3)14(7-10(15)16)11(17)9-5-4-8(6-13)18-9/h8-9H,4-7,13H2,1-3H3,(H,15,16). The van der Waals surface area contributed by atoms with Gasteiger partial charge >= 0.3 is 5.97 Å². The first-order valence-corrected chi connectivity index (χ1v) is 6.14. The molecule has 1 aliphatic heterocycles. The third-order valence-corrected chi connectivity index (χ3v) is 3.02. The molecule has 0 aliphatic carbocycles. The lowest BCUT2D eigenvalue weighted by Crippen LogP contribution is -2.52. The van der Waals surface area contributed by atoms with Crippen molar-refractivity contribution in [2.24, 2.45) is 5.73 Å². The van der Waals surface area contributed by atoms with Crippen LogP contribution in [0.5, 0.6) is 0 Å². The Morgan fingerprint density at radius 2 is 2.00 bits per heavy atom. The van der Waals surface area contributed by atoms with Crippen LogP contribution in [0.4, 0.5) is 0 Å². The molecule has 1 fully saturated rings. The highest BCUT2D eigenvalue weighted by atomic mass is 16.5. The number of ether oxygens (including phenoxy) is 1. The molecule has 6 heteroatoms. The Kier molecular flexibility index (Phi) is 4.70. The van der Waals surface area contributed by atoms with Crippen LogP contribution in [0.15, 0.2) is 0 Å². The van der Waals surface area contributed by atoms with Crippen LogP contribution in [0.2, 0.25) is 0 Å². The quantitative estimate of drug-likeness (QED) is 0.751. The second-order valence-electron chi connectivity index (χ2n) is 5.55. The second-order valence-corrected chi connectivity index (χ2v) is 5.55. The van der Waals surface area contributed by atoms with Crippen LogP contribution in [0, 0.1) is 0 Å². The normalized spacial score (nSPS) is 24.0. The molecule has 104 valence electrons. The van der Waals surface area contributed by atoms with Gasteiger partial charge < -0.3 is 20.5 Å². The lowest BCUT2D eigenvalue weighted by atomic mass is 10.0. The molecule has 0 aromatic heterocycles. The molecule has 1 aliphatic rings. The van der Waals surface area contributed by atoms with Gasteiger partial charge in [-0.2, -0.15) is 0 Å². The van der Waals surface area contributed by atoms with Crippen molar-refractivity contribution in [3.05, 3.63) is 0 Å². The Labute approximate surface area is 107 Å². The molecule has 2 unspecified atom stereocenters. The van der Waals surface area contributed by atoms with Crippen LogP contribution >= 0.6 is 0 Å². The van der Waals surface area contributed by atoms with Crippen LogP contribution in [-0.2, 0) is 14.3 Å². The lowest BCUT2D eigenvalue weighted by molar-refractivity contribution is -0.155. The van der Waals surface area contributed by atoms with Crippen LogP contribution < -0.4 is 5.73 Å². The Morgan fingerprint density at radius 3 is 2.39 bits per heavy atom. The summed E-state index contributed by atoms with van der Waals surface area (Å²) in [6, 6.07) is 0. The van der Waals surface area contributed by atoms with E-state index < -0.39 is 17.6 Å². The summed E-state index contributed by atoms with van der Waals surface area (Å²) in [6.45, 7) is 5.50. The van der Waals surface area contributed by atoms with E-state index in [2.05, 4.69) is 0 Å². The maximum atomic E-state index is 12.3. The van der Waals surface area contributed by atoms with E-state index in [0.717, 1.165) is 6.42 Å². The van der Waals surface area contributed by atoms with Crippen molar-refractivity contribution >= 4 is 11.9 Å². The van der Waals surface area contributed by atoms with E-state index in [1.807, 2.05) is 20.8 Å². The fourth-order valence-electron chi connectivity index (χ4n) is 2.02. The largest absolute Gasteiger partial charge is 0.480 e. The molecule has 1 saturated heterocycles. The van der Waals surface area contributed by atoms with E-state index in [4.69, 9.17) is 15.6 Å². The van der Waals surface area contributed by atoms with Crippen molar-refractivity contribution in [3.63, 3.8) is 0 Å². The predicted molar refractivity (Wildman–Crippen MR) is 66.1 cm³/mol. The Balaban J connectivity index is 2.74. The molecule has 0 spiro atoms. The average Bonchev–Trinajstić information content (AvgIpc) is 2.71. The summed E-state index contributed by atoms with van der Waals surface area (Å²) in [7, 11) is 0. The third kappa shape index (κ3) is 3.68. The molecule has 2 atom stereocenters. The molecule has 1 rings (SSSR count). The highest BCUT2D eigenvalue weighted by Crippen LogP contribution is 2.24. The van der Waals surface area contributed by atoms with Crippen LogP contribution in [-0.4, -0.2) is 52.7 Å². The number of carbonyl (C=O) groups is 2. The molecular formula is C12H22N2O4. The second kappa shape index (κ2) is 5.67. The maximum Gasteiger partial charge on any atom is 0.323 e. The molecule has 1 amide bonds. The van der Waals surface area contributed by atoms with Gasteiger partial charge in [0, 0.05) is 12.1 Å². The van der Waals surface area contributed by atoms with Gasteiger partial charge in [-0.05, 0) is 33.6 Å². The highest BCUT2D eigenvalue weighted by Gasteiger charge is 2.37. The molecule has 3 N–H and O–H groups in total. The predicted octanol–water partition coefficient (Wildman–Crippen LogP) is 0.204. The minimum Gasteiger partial charge on any atom is -0.480 e. The Bertz CT molecular complexity index is 325. The van der Waals surface area contributed by atoms with Crippen LogP contribution in [0.1, 0.15) is 33.6 Å². The summed E-state index contributed by atoms with van der Waals surface area (Å²) in [4.78, 5) is 24.5. The number of carboxylic acid groups (broad SMARTS) is 1. The minimum atomic E-state index is -1.02. The molecule has 18 heavy (non-hydrogen) atoms. The number of carboxylic acids is 1. The minimum absolute atomic E-state index is 0.0920. The maximum absolute atomic E-state index is 12.3. The number of aliphatic carboxylic acids is 1. The molecule has 0 radical (unpaired) electrons. The molecule has 1 heterocycles. The van der Waals surface area contributed by atoms with E-state index in [9.17, 15) is 9.59 Å². The first kappa shape index (κ1) is 14.9. The van der Waals surface area contributed by atoms with Gasteiger partial charge in [0.15, 0.2) is 0 Å². The molecule has 0 saturated carbocycles. The number of hydrogen-bond acceptors (Lipinski definition) is 4. The zero-order valence-corrected chi connectivity index (χ0v) is 11.2. The Hall–Kier alpha value is -1.14. The van der Waals surface area contributed by atoms with Gasteiger partial charge in [-0.1, -0.05) is 0 Å². The van der Waals surface area contributed by atoms with Gasteiger partial charge in [-0.15, -0.1) is 0 Å². The summed E-state index contributed by atoms with van der Waals surface area (Å²) in [5.74, 6) is -1.28. The zero-order valence-electron chi connectivity index (χ0n) is 11.2. The van der Waals surface area contributed by atoms with Crippen molar-refractivity contribution < 1.29 is 19.4 Å². The van der Waals surface area contributed by atoms with E-state index >= 15 is 0 Å². The van der Waals surface area contributed by atoms with Gasteiger partial charge in [0.1, 0.15) is 12.6 Å². The summed E-state index contributed by atoms with van der Waals surface area (Å²) < 4.78 is 5.52. The zero-order chi connectivity index (χ0) is 13.9. The molecule has 6 nitrogen and oxygen atoms in total. The average molecular weight is 258 g/mol. The fraction of sp³-hybridized carbons (Fsp3) is 0.833. The monoisotopic (exact) mass is 258 g/mol. The van der Waals surface area contributed by atoms with Gasteiger partial charge in [0.05, 0.1) is 6.10 Å².